The Kier molecular flexibility index (Phi) is 7.85. The van der Waals surface area contributed by atoms with Crippen molar-refractivity contribution in [1.82, 2.24) is 15.1 Å². The highest BCUT2D eigenvalue weighted by Gasteiger charge is 2.33. The van der Waals surface area contributed by atoms with Crippen LogP contribution in [0.25, 0.3) is 0 Å². The van der Waals surface area contributed by atoms with E-state index in [4.69, 9.17) is 11.6 Å². The van der Waals surface area contributed by atoms with Gasteiger partial charge in [-0.25, -0.2) is 4.39 Å². The molecule has 2 amide bonds. The van der Waals surface area contributed by atoms with Gasteiger partial charge in [-0.2, -0.15) is 0 Å². The van der Waals surface area contributed by atoms with Gasteiger partial charge >= 0.3 is 0 Å². The summed E-state index contributed by atoms with van der Waals surface area (Å²) in [6.07, 6.45) is 1.84. The largest absolute Gasteiger partial charge is 0.353 e. The quantitative estimate of drug-likeness (QED) is 0.751. The normalized spacial score (nSPS) is 17.8. The van der Waals surface area contributed by atoms with E-state index in [-0.39, 0.29) is 24.8 Å². The number of nitrogens with zero attached hydrogens (tertiary/aromatic N) is 2. The Morgan fingerprint density at radius 1 is 1.35 bits per heavy atom. The SMILES string of the molecule is CCCN(CCC)C(=O)CC1C(=O)NCCN1Cc1c(F)cccc1Cl. The first-order chi connectivity index (χ1) is 12.5. The standard InChI is InChI=1S/C19H27ClFN3O2/c1-3-9-23(10-4-2)18(25)12-17-19(26)22-8-11-24(17)13-14-15(20)6-5-7-16(14)21/h5-7,17H,3-4,8-13H2,1-2H3,(H,22,26). The molecule has 2 rings (SSSR count). The van der Waals surface area contributed by atoms with Gasteiger partial charge in [-0.3, -0.25) is 14.5 Å². The van der Waals surface area contributed by atoms with E-state index >= 15 is 0 Å². The van der Waals surface area contributed by atoms with Gasteiger partial charge in [0.15, 0.2) is 0 Å². The van der Waals surface area contributed by atoms with Gasteiger partial charge in [-0.05, 0) is 25.0 Å². The molecule has 144 valence electrons. The van der Waals surface area contributed by atoms with Crippen LogP contribution in [0.4, 0.5) is 4.39 Å². The van der Waals surface area contributed by atoms with Gasteiger partial charge in [0.1, 0.15) is 5.82 Å². The van der Waals surface area contributed by atoms with Crippen LogP contribution >= 0.6 is 11.6 Å². The summed E-state index contributed by atoms with van der Waals surface area (Å²) in [6, 6.07) is 3.94. The van der Waals surface area contributed by atoms with E-state index in [2.05, 4.69) is 5.32 Å². The lowest BCUT2D eigenvalue weighted by Gasteiger charge is -2.36. The van der Waals surface area contributed by atoms with E-state index in [0.717, 1.165) is 12.8 Å². The number of halogens is 2. The molecule has 0 aromatic heterocycles. The monoisotopic (exact) mass is 383 g/mol. The molecule has 1 unspecified atom stereocenters. The number of hydrogen-bond acceptors (Lipinski definition) is 3. The molecule has 0 bridgehead atoms. The van der Waals surface area contributed by atoms with E-state index < -0.39 is 11.9 Å². The molecule has 0 saturated carbocycles. The van der Waals surface area contributed by atoms with Crippen LogP contribution in [0.5, 0.6) is 0 Å². The van der Waals surface area contributed by atoms with Crippen LogP contribution in [0.2, 0.25) is 5.02 Å². The van der Waals surface area contributed by atoms with Crippen LogP contribution in [-0.4, -0.2) is 53.8 Å². The van der Waals surface area contributed by atoms with E-state index in [1.54, 1.807) is 17.0 Å². The lowest BCUT2D eigenvalue weighted by Crippen LogP contribution is -2.56. The summed E-state index contributed by atoms with van der Waals surface area (Å²) in [5.41, 5.74) is 0.361. The van der Waals surface area contributed by atoms with E-state index in [1.807, 2.05) is 18.7 Å². The highest BCUT2D eigenvalue weighted by molar-refractivity contribution is 6.31. The van der Waals surface area contributed by atoms with Crippen LogP contribution in [0.15, 0.2) is 18.2 Å². The lowest BCUT2D eigenvalue weighted by molar-refractivity contribution is -0.139. The minimum Gasteiger partial charge on any atom is -0.353 e. The zero-order valence-electron chi connectivity index (χ0n) is 15.4. The molecule has 5 nitrogen and oxygen atoms in total. The molecule has 1 atom stereocenters. The average molecular weight is 384 g/mol. The number of piperazine rings is 1. The number of benzene rings is 1. The first-order valence-electron chi connectivity index (χ1n) is 9.20. The Balaban J connectivity index is 2.14. The first-order valence-corrected chi connectivity index (χ1v) is 9.58. The third-order valence-electron chi connectivity index (χ3n) is 4.57. The molecular weight excluding hydrogens is 357 g/mol. The molecular formula is C19H27ClFN3O2. The van der Waals surface area contributed by atoms with Crippen molar-refractivity contribution < 1.29 is 14.0 Å². The van der Waals surface area contributed by atoms with Gasteiger partial charge in [0.25, 0.3) is 0 Å². The molecule has 1 aliphatic rings. The number of amides is 2. The summed E-state index contributed by atoms with van der Waals surface area (Å²) < 4.78 is 14.1. The highest BCUT2D eigenvalue weighted by Crippen LogP contribution is 2.23. The van der Waals surface area contributed by atoms with Gasteiger partial charge in [0.05, 0.1) is 12.5 Å². The van der Waals surface area contributed by atoms with Crippen molar-refractivity contribution in [2.45, 2.75) is 45.7 Å². The fourth-order valence-corrected chi connectivity index (χ4v) is 3.48. The molecule has 1 aromatic rings. The average Bonchev–Trinajstić information content (AvgIpc) is 2.60. The van der Waals surface area contributed by atoms with Crippen molar-refractivity contribution in [3.05, 3.63) is 34.6 Å². The molecule has 1 N–H and O–H groups in total. The van der Waals surface area contributed by atoms with Gasteiger partial charge in [0, 0.05) is 43.3 Å². The van der Waals surface area contributed by atoms with Crippen LogP contribution in [0.3, 0.4) is 0 Å². The predicted octanol–water partition coefficient (Wildman–Crippen LogP) is 2.82. The first kappa shape index (κ1) is 20.6. The zero-order valence-corrected chi connectivity index (χ0v) is 16.2. The maximum Gasteiger partial charge on any atom is 0.237 e. The topological polar surface area (TPSA) is 52.7 Å². The van der Waals surface area contributed by atoms with E-state index in [1.165, 1.54) is 6.07 Å². The summed E-state index contributed by atoms with van der Waals surface area (Å²) >= 11 is 6.13. The molecule has 1 saturated heterocycles. The van der Waals surface area contributed by atoms with Crippen molar-refractivity contribution in [3.8, 4) is 0 Å². The molecule has 0 spiro atoms. The van der Waals surface area contributed by atoms with Crippen LogP contribution < -0.4 is 5.32 Å². The minimum atomic E-state index is -0.608. The number of nitrogens with one attached hydrogen (secondary N) is 1. The van der Waals surface area contributed by atoms with Crippen molar-refractivity contribution >= 4 is 23.4 Å². The van der Waals surface area contributed by atoms with Gasteiger partial charge < -0.3 is 10.2 Å². The van der Waals surface area contributed by atoms with Crippen LogP contribution in [-0.2, 0) is 16.1 Å². The molecule has 26 heavy (non-hydrogen) atoms. The minimum absolute atomic E-state index is 0.0413. The summed E-state index contributed by atoms with van der Waals surface area (Å²) in [5.74, 6) is -0.627. The molecule has 7 heteroatoms. The third kappa shape index (κ3) is 5.17. The molecule has 0 radical (unpaired) electrons. The Morgan fingerprint density at radius 3 is 2.65 bits per heavy atom. The van der Waals surface area contributed by atoms with E-state index in [0.29, 0.717) is 36.8 Å². The molecule has 1 aliphatic heterocycles. The summed E-state index contributed by atoms with van der Waals surface area (Å²) in [6.45, 7) is 6.64. The van der Waals surface area contributed by atoms with E-state index in [9.17, 15) is 14.0 Å². The lowest BCUT2D eigenvalue weighted by atomic mass is 10.1. The Bertz CT molecular complexity index is 615. The number of hydrogen-bond donors (Lipinski definition) is 1. The second kappa shape index (κ2) is 9.88. The second-order valence-electron chi connectivity index (χ2n) is 6.56. The number of rotatable bonds is 8. The number of carbonyl (C=O) groups is 2. The van der Waals surface area contributed by atoms with Crippen LogP contribution in [0.1, 0.15) is 38.7 Å². The Hall–Kier alpha value is -1.66. The van der Waals surface area contributed by atoms with Crippen molar-refractivity contribution in [2.75, 3.05) is 26.2 Å². The van der Waals surface area contributed by atoms with Crippen molar-refractivity contribution in [1.29, 1.82) is 0 Å². The molecule has 1 aromatic carbocycles. The highest BCUT2D eigenvalue weighted by atomic mass is 35.5. The smallest absolute Gasteiger partial charge is 0.237 e. The van der Waals surface area contributed by atoms with Gasteiger partial charge in [-0.15, -0.1) is 0 Å². The van der Waals surface area contributed by atoms with Crippen molar-refractivity contribution in [3.63, 3.8) is 0 Å². The number of carbonyl (C=O) groups excluding carboxylic acids is 2. The summed E-state index contributed by atoms with van der Waals surface area (Å²) in [5, 5.41) is 3.14. The zero-order chi connectivity index (χ0) is 19.1. The third-order valence-corrected chi connectivity index (χ3v) is 4.93. The molecule has 1 heterocycles. The fourth-order valence-electron chi connectivity index (χ4n) is 3.26. The Morgan fingerprint density at radius 2 is 2.04 bits per heavy atom. The summed E-state index contributed by atoms with van der Waals surface area (Å²) in [4.78, 5) is 28.7. The molecule has 1 fully saturated rings. The van der Waals surface area contributed by atoms with Crippen molar-refractivity contribution in [2.24, 2.45) is 0 Å². The fraction of sp³-hybridized carbons (Fsp3) is 0.579. The predicted molar refractivity (Wildman–Crippen MR) is 100 cm³/mol. The van der Waals surface area contributed by atoms with Crippen LogP contribution in [0, 0.1) is 5.82 Å². The molecule has 0 aliphatic carbocycles. The second-order valence-corrected chi connectivity index (χ2v) is 6.97. The van der Waals surface area contributed by atoms with Gasteiger partial charge in [-0.1, -0.05) is 31.5 Å². The maximum atomic E-state index is 14.1. The maximum absolute atomic E-state index is 14.1. The summed E-state index contributed by atoms with van der Waals surface area (Å²) in [7, 11) is 0. The van der Waals surface area contributed by atoms with Gasteiger partial charge in [0.2, 0.25) is 11.8 Å². The Labute approximate surface area is 159 Å².